The molecule has 7 nitrogen and oxygen atoms in total. The molecule has 0 amide bonds. The minimum atomic E-state index is -0.992. The Hall–Kier alpha value is -3.06. The second kappa shape index (κ2) is 11.2. The van der Waals surface area contributed by atoms with Gasteiger partial charge in [0.1, 0.15) is 12.4 Å². The summed E-state index contributed by atoms with van der Waals surface area (Å²) in [5, 5.41) is 12.2. The predicted octanol–water partition coefficient (Wildman–Crippen LogP) is 3.33. The van der Waals surface area contributed by atoms with Gasteiger partial charge < -0.3 is 24.6 Å². The summed E-state index contributed by atoms with van der Waals surface area (Å²) >= 11 is 0. The standard InChI is InChI=1S/C23H28N2O5/c1-28-22-13-17(7-9-23(26)27)6-8-21(22)29-11-3-4-18-12-20(15-24-14-18)30-16-19-5-2-10-25-19/h6-9,12-15,19,25H,2-5,10-11,16H2,1H3,(H,26,27)/b9-7+. The van der Waals surface area contributed by atoms with Crippen LogP contribution >= 0.6 is 0 Å². The molecule has 0 aliphatic carbocycles. The molecule has 160 valence electrons. The molecule has 3 rings (SSSR count). The van der Waals surface area contributed by atoms with Gasteiger partial charge in [0.05, 0.1) is 19.9 Å². The average Bonchev–Trinajstić information content (AvgIpc) is 3.28. The lowest BCUT2D eigenvalue weighted by Gasteiger charge is -2.13. The molecule has 2 aromatic rings. The van der Waals surface area contributed by atoms with Gasteiger partial charge >= 0.3 is 5.97 Å². The summed E-state index contributed by atoms with van der Waals surface area (Å²) in [6.45, 7) is 2.27. The Labute approximate surface area is 176 Å². The Bertz CT molecular complexity index is 862. The van der Waals surface area contributed by atoms with Crippen molar-refractivity contribution in [2.75, 3.05) is 26.9 Å². The van der Waals surface area contributed by atoms with Crippen LogP contribution in [0.2, 0.25) is 0 Å². The van der Waals surface area contributed by atoms with Crippen molar-refractivity contribution < 1.29 is 24.1 Å². The highest BCUT2D eigenvalue weighted by molar-refractivity contribution is 5.85. The number of pyridine rings is 1. The monoisotopic (exact) mass is 412 g/mol. The molecule has 2 heterocycles. The Morgan fingerprint density at radius 2 is 2.17 bits per heavy atom. The first-order valence-electron chi connectivity index (χ1n) is 10.2. The van der Waals surface area contributed by atoms with Crippen molar-refractivity contribution in [2.45, 2.75) is 31.7 Å². The van der Waals surface area contributed by atoms with Gasteiger partial charge in [-0.05, 0) is 67.6 Å². The first kappa shape index (κ1) is 21.6. The van der Waals surface area contributed by atoms with Gasteiger partial charge in [-0.1, -0.05) is 6.07 Å². The van der Waals surface area contributed by atoms with E-state index in [0.29, 0.717) is 30.8 Å². The molecule has 2 N–H and O–H groups in total. The summed E-state index contributed by atoms with van der Waals surface area (Å²) in [4.78, 5) is 14.9. The lowest BCUT2D eigenvalue weighted by molar-refractivity contribution is -0.131. The second-order valence-electron chi connectivity index (χ2n) is 7.17. The number of aromatic nitrogens is 1. The lowest BCUT2D eigenvalue weighted by atomic mass is 10.1. The van der Waals surface area contributed by atoms with Crippen molar-refractivity contribution in [3.8, 4) is 17.2 Å². The fourth-order valence-electron chi connectivity index (χ4n) is 3.31. The molecule has 1 aliphatic rings. The molecule has 0 radical (unpaired) electrons. The molecule has 1 saturated heterocycles. The van der Waals surface area contributed by atoms with Crippen molar-refractivity contribution in [1.29, 1.82) is 0 Å². The first-order chi connectivity index (χ1) is 14.6. The first-order valence-corrected chi connectivity index (χ1v) is 10.2. The Morgan fingerprint density at radius 3 is 2.93 bits per heavy atom. The number of aryl methyl sites for hydroxylation is 1. The van der Waals surface area contributed by atoms with Gasteiger partial charge in [0.25, 0.3) is 0 Å². The zero-order valence-corrected chi connectivity index (χ0v) is 17.2. The van der Waals surface area contributed by atoms with E-state index in [1.165, 1.54) is 12.5 Å². The van der Waals surface area contributed by atoms with Crippen LogP contribution in [0.1, 0.15) is 30.4 Å². The smallest absolute Gasteiger partial charge is 0.328 e. The summed E-state index contributed by atoms with van der Waals surface area (Å²) < 4.78 is 17.1. The predicted molar refractivity (Wildman–Crippen MR) is 114 cm³/mol. The van der Waals surface area contributed by atoms with E-state index in [0.717, 1.165) is 48.8 Å². The van der Waals surface area contributed by atoms with Crippen LogP contribution in [0.25, 0.3) is 6.08 Å². The van der Waals surface area contributed by atoms with Gasteiger partial charge in [0.15, 0.2) is 11.5 Å². The SMILES string of the molecule is COc1cc(/C=C/C(=O)O)ccc1OCCCc1cncc(OCC2CCCN2)c1. The normalized spacial score (nSPS) is 16.0. The van der Waals surface area contributed by atoms with Gasteiger partial charge in [-0.25, -0.2) is 4.79 Å². The number of carbonyl (C=O) groups is 1. The minimum absolute atomic E-state index is 0.433. The van der Waals surface area contributed by atoms with Crippen molar-refractivity contribution in [3.05, 3.63) is 53.9 Å². The number of aliphatic carboxylic acids is 1. The van der Waals surface area contributed by atoms with Crippen LogP contribution in [0.15, 0.2) is 42.7 Å². The molecule has 1 fully saturated rings. The van der Waals surface area contributed by atoms with Crippen molar-refractivity contribution in [3.63, 3.8) is 0 Å². The number of carboxylic acids is 1. The van der Waals surface area contributed by atoms with E-state index >= 15 is 0 Å². The molecule has 1 atom stereocenters. The third-order valence-corrected chi connectivity index (χ3v) is 4.86. The van der Waals surface area contributed by atoms with Crippen molar-refractivity contribution in [2.24, 2.45) is 0 Å². The number of ether oxygens (including phenoxy) is 3. The van der Waals surface area contributed by atoms with Crippen LogP contribution in [0.5, 0.6) is 17.2 Å². The number of carboxylic acid groups (broad SMARTS) is 1. The maximum atomic E-state index is 10.6. The Kier molecular flexibility index (Phi) is 8.09. The molecule has 1 aromatic carbocycles. The van der Waals surface area contributed by atoms with Crippen LogP contribution in [-0.2, 0) is 11.2 Å². The summed E-state index contributed by atoms with van der Waals surface area (Å²) in [6.07, 6.45) is 10.2. The highest BCUT2D eigenvalue weighted by Gasteiger charge is 2.14. The van der Waals surface area contributed by atoms with Gasteiger partial charge in [-0.15, -0.1) is 0 Å². The number of nitrogens with one attached hydrogen (secondary N) is 1. The topological polar surface area (TPSA) is 89.9 Å². The van der Waals surface area contributed by atoms with Gasteiger partial charge in [-0.3, -0.25) is 4.98 Å². The van der Waals surface area contributed by atoms with Crippen LogP contribution in [0.4, 0.5) is 0 Å². The molecule has 7 heteroatoms. The van der Waals surface area contributed by atoms with Crippen LogP contribution in [0.3, 0.4) is 0 Å². The second-order valence-corrected chi connectivity index (χ2v) is 7.17. The number of hydrogen-bond donors (Lipinski definition) is 2. The molecular formula is C23H28N2O5. The van der Waals surface area contributed by atoms with Crippen LogP contribution in [-0.4, -0.2) is 49.0 Å². The number of rotatable bonds is 11. The number of hydrogen-bond acceptors (Lipinski definition) is 6. The molecule has 0 spiro atoms. The summed E-state index contributed by atoms with van der Waals surface area (Å²) in [5.41, 5.74) is 1.84. The van der Waals surface area contributed by atoms with E-state index in [2.05, 4.69) is 10.3 Å². The maximum absolute atomic E-state index is 10.6. The van der Waals surface area contributed by atoms with E-state index in [1.807, 2.05) is 12.3 Å². The summed E-state index contributed by atoms with van der Waals surface area (Å²) in [7, 11) is 1.56. The number of benzene rings is 1. The summed E-state index contributed by atoms with van der Waals surface area (Å²) in [6, 6.07) is 7.79. The maximum Gasteiger partial charge on any atom is 0.328 e. The van der Waals surface area contributed by atoms with Crippen LogP contribution in [0, 0.1) is 0 Å². The fraction of sp³-hybridized carbons (Fsp3) is 0.391. The molecular weight excluding hydrogens is 384 g/mol. The summed E-state index contributed by atoms with van der Waals surface area (Å²) in [5.74, 6) is 1.01. The number of methoxy groups -OCH3 is 1. The molecule has 1 aliphatic heterocycles. The fourth-order valence-corrected chi connectivity index (χ4v) is 3.31. The minimum Gasteiger partial charge on any atom is -0.493 e. The zero-order chi connectivity index (χ0) is 21.2. The quantitative estimate of drug-likeness (QED) is 0.432. The average molecular weight is 412 g/mol. The van der Waals surface area contributed by atoms with E-state index in [4.69, 9.17) is 19.3 Å². The highest BCUT2D eigenvalue weighted by atomic mass is 16.5. The van der Waals surface area contributed by atoms with Crippen molar-refractivity contribution in [1.82, 2.24) is 10.3 Å². The molecule has 1 aromatic heterocycles. The largest absolute Gasteiger partial charge is 0.493 e. The van der Waals surface area contributed by atoms with Gasteiger partial charge in [0, 0.05) is 18.3 Å². The third-order valence-electron chi connectivity index (χ3n) is 4.86. The van der Waals surface area contributed by atoms with E-state index < -0.39 is 5.97 Å². The molecule has 0 saturated carbocycles. The van der Waals surface area contributed by atoms with E-state index in [-0.39, 0.29) is 0 Å². The van der Waals surface area contributed by atoms with Crippen LogP contribution < -0.4 is 19.5 Å². The van der Waals surface area contributed by atoms with Gasteiger partial charge in [-0.2, -0.15) is 0 Å². The van der Waals surface area contributed by atoms with Gasteiger partial charge in [0.2, 0.25) is 0 Å². The number of nitrogens with zero attached hydrogens (tertiary/aromatic N) is 1. The molecule has 1 unspecified atom stereocenters. The third kappa shape index (κ3) is 6.77. The van der Waals surface area contributed by atoms with Crippen molar-refractivity contribution >= 4 is 12.0 Å². The highest BCUT2D eigenvalue weighted by Crippen LogP contribution is 2.28. The zero-order valence-electron chi connectivity index (χ0n) is 17.2. The Balaban J connectivity index is 1.46. The van der Waals surface area contributed by atoms with E-state index in [9.17, 15) is 4.79 Å². The Morgan fingerprint density at radius 1 is 1.27 bits per heavy atom. The lowest BCUT2D eigenvalue weighted by Crippen LogP contribution is -2.28. The van der Waals surface area contributed by atoms with E-state index in [1.54, 1.807) is 31.5 Å². The molecule has 30 heavy (non-hydrogen) atoms. The molecule has 0 bridgehead atoms.